The van der Waals surface area contributed by atoms with Gasteiger partial charge in [0.1, 0.15) is 18.1 Å². The Balaban J connectivity index is 1.70. The molecule has 22 heavy (non-hydrogen) atoms. The van der Waals surface area contributed by atoms with E-state index < -0.39 is 0 Å². The molecule has 1 aromatic carbocycles. The van der Waals surface area contributed by atoms with Gasteiger partial charge in [0.2, 0.25) is 0 Å². The highest BCUT2D eigenvalue weighted by Gasteiger charge is 2.06. The molecule has 2 heterocycles. The van der Waals surface area contributed by atoms with Crippen LogP contribution in [0.4, 0.5) is 5.82 Å². The zero-order valence-electron chi connectivity index (χ0n) is 12.4. The van der Waals surface area contributed by atoms with Crippen molar-refractivity contribution >= 4 is 5.82 Å². The molecule has 0 spiro atoms. The smallest absolute Gasteiger partial charge is 0.318 e. The second-order valence-corrected chi connectivity index (χ2v) is 5.00. The number of rotatable bonds is 4. The van der Waals surface area contributed by atoms with Gasteiger partial charge in [-0.1, -0.05) is 17.3 Å². The summed E-state index contributed by atoms with van der Waals surface area (Å²) >= 11 is 0. The first-order chi connectivity index (χ1) is 10.6. The number of benzene rings is 1. The molecule has 112 valence electrons. The van der Waals surface area contributed by atoms with Crippen molar-refractivity contribution in [2.75, 3.05) is 5.73 Å². The van der Waals surface area contributed by atoms with Crippen LogP contribution in [0.3, 0.4) is 0 Å². The Morgan fingerprint density at radius 3 is 2.91 bits per heavy atom. The second kappa shape index (κ2) is 5.80. The molecule has 7 nitrogen and oxygen atoms in total. The molecule has 0 radical (unpaired) electrons. The lowest BCUT2D eigenvalue weighted by Crippen LogP contribution is -2.03. The Kier molecular flexibility index (Phi) is 3.69. The van der Waals surface area contributed by atoms with Gasteiger partial charge in [-0.15, -0.1) is 5.10 Å². The Labute approximate surface area is 127 Å². The Hall–Kier alpha value is -2.96. The number of hydrogen-bond donors (Lipinski definition) is 1. The number of ether oxygens (including phenoxy) is 1. The van der Waals surface area contributed by atoms with Crippen molar-refractivity contribution < 1.29 is 4.74 Å². The fraction of sp³-hybridized carbons (Fsp3) is 0.200. The number of aryl methyl sites for hydroxylation is 2. The minimum absolute atomic E-state index is 0.230. The van der Waals surface area contributed by atoms with E-state index in [9.17, 15) is 0 Å². The maximum atomic E-state index is 5.72. The zero-order valence-corrected chi connectivity index (χ0v) is 12.4. The van der Waals surface area contributed by atoms with Crippen molar-refractivity contribution in [1.29, 1.82) is 0 Å². The van der Waals surface area contributed by atoms with Crippen molar-refractivity contribution in [3.05, 3.63) is 53.5 Å². The highest BCUT2D eigenvalue weighted by atomic mass is 16.5. The van der Waals surface area contributed by atoms with E-state index in [-0.39, 0.29) is 12.6 Å². The van der Waals surface area contributed by atoms with E-state index in [4.69, 9.17) is 10.5 Å². The Bertz CT molecular complexity index is 798. The van der Waals surface area contributed by atoms with Crippen LogP contribution in [0.1, 0.15) is 16.8 Å². The first kappa shape index (κ1) is 14.0. The van der Waals surface area contributed by atoms with Gasteiger partial charge in [-0.05, 0) is 31.5 Å². The molecule has 0 aliphatic heterocycles. The fourth-order valence-electron chi connectivity index (χ4n) is 1.91. The van der Waals surface area contributed by atoms with Crippen LogP contribution in [0, 0.1) is 13.8 Å². The molecule has 0 bridgehead atoms. The van der Waals surface area contributed by atoms with Crippen LogP contribution in [0.25, 0.3) is 5.69 Å². The molecule has 0 unspecified atom stereocenters. The van der Waals surface area contributed by atoms with Crippen molar-refractivity contribution in [2.24, 2.45) is 0 Å². The molecule has 0 aliphatic rings. The van der Waals surface area contributed by atoms with Gasteiger partial charge in [0.25, 0.3) is 0 Å². The van der Waals surface area contributed by atoms with Crippen LogP contribution in [-0.2, 0) is 6.61 Å². The number of nitrogen functional groups attached to an aromatic ring is 1. The summed E-state index contributed by atoms with van der Waals surface area (Å²) < 4.78 is 7.19. The number of nitrogens with zero attached hydrogens (tertiary/aromatic N) is 5. The van der Waals surface area contributed by atoms with Gasteiger partial charge in [0, 0.05) is 11.8 Å². The highest BCUT2D eigenvalue weighted by Crippen LogP contribution is 2.12. The highest BCUT2D eigenvalue weighted by molar-refractivity contribution is 5.37. The van der Waals surface area contributed by atoms with Crippen LogP contribution >= 0.6 is 0 Å². The monoisotopic (exact) mass is 296 g/mol. The van der Waals surface area contributed by atoms with Gasteiger partial charge >= 0.3 is 6.01 Å². The third-order valence-corrected chi connectivity index (χ3v) is 3.14. The van der Waals surface area contributed by atoms with Crippen LogP contribution < -0.4 is 10.5 Å². The lowest BCUT2D eigenvalue weighted by atomic mass is 10.2. The molecular weight excluding hydrogens is 280 g/mol. The topological polar surface area (TPSA) is 91.7 Å². The Morgan fingerprint density at radius 2 is 2.14 bits per heavy atom. The summed E-state index contributed by atoms with van der Waals surface area (Å²) in [4.78, 5) is 8.12. The standard InChI is InChI=1S/C15H16N6O/c1-10-4-3-5-13(6-10)21-8-12(19-20-21)9-22-15-17-7-11(2)14(16)18-15/h3-8H,9H2,1-2H3,(H2,16,17,18). The van der Waals surface area contributed by atoms with E-state index in [2.05, 4.69) is 20.3 Å². The van der Waals surface area contributed by atoms with Crippen molar-refractivity contribution in [2.45, 2.75) is 20.5 Å². The number of nitrogens with two attached hydrogens (primary N) is 1. The Morgan fingerprint density at radius 1 is 1.27 bits per heavy atom. The molecule has 0 amide bonds. The summed E-state index contributed by atoms with van der Waals surface area (Å²) in [5.41, 5.74) is 9.34. The predicted molar refractivity (Wildman–Crippen MR) is 81.6 cm³/mol. The van der Waals surface area contributed by atoms with Gasteiger partial charge in [-0.25, -0.2) is 9.67 Å². The number of anilines is 1. The molecule has 7 heteroatoms. The molecular formula is C15H16N6O. The molecule has 3 aromatic rings. The number of aromatic nitrogens is 5. The van der Waals surface area contributed by atoms with E-state index in [1.807, 2.05) is 44.3 Å². The zero-order chi connectivity index (χ0) is 15.5. The molecule has 0 fully saturated rings. The quantitative estimate of drug-likeness (QED) is 0.789. The maximum Gasteiger partial charge on any atom is 0.318 e. The maximum absolute atomic E-state index is 5.72. The summed E-state index contributed by atoms with van der Waals surface area (Å²) in [5, 5.41) is 8.17. The SMILES string of the molecule is Cc1cccc(-n2cc(COc3ncc(C)c(N)n3)nn2)c1. The molecule has 0 aliphatic carbocycles. The molecule has 2 N–H and O–H groups in total. The van der Waals surface area contributed by atoms with Crippen molar-refractivity contribution in [3.8, 4) is 11.7 Å². The summed E-state index contributed by atoms with van der Waals surface area (Å²) in [6.07, 6.45) is 3.44. The first-order valence-electron chi connectivity index (χ1n) is 6.82. The third-order valence-electron chi connectivity index (χ3n) is 3.14. The van der Waals surface area contributed by atoms with Crippen molar-refractivity contribution in [1.82, 2.24) is 25.0 Å². The molecule has 0 saturated carbocycles. The van der Waals surface area contributed by atoms with Crippen LogP contribution in [0.2, 0.25) is 0 Å². The summed E-state index contributed by atoms with van der Waals surface area (Å²) in [6, 6.07) is 8.24. The van der Waals surface area contributed by atoms with Crippen molar-refractivity contribution in [3.63, 3.8) is 0 Å². The fourth-order valence-corrected chi connectivity index (χ4v) is 1.91. The van der Waals surface area contributed by atoms with E-state index in [0.29, 0.717) is 11.5 Å². The second-order valence-electron chi connectivity index (χ2n) is 5.00. The van der Waals surface area contributed by atoms with E-state index in [0.717, 1.165) is 16.8 Å². The van der Waals surface area contributed by atoms with Crippen LogP contribution in [0.5, 0.6) is 6.01 Å². The van der Waals surface area contributed by atoms with Crippen LogP contribution in [0.15, 0.2) is 36.7 Å². The molecule has 3 rings (SSSR count). The predicted octanol–water partition coefficient (Wildman–Crippen LogP) is 1.84. The van der Waals surface area contributed by atoms with Gasteiger partial charge in [-0.2, -0.15) is 4.98 Å². The summed E-state index contributed by atoms with van der Waals surface area (Å²) in [7, 11) is 0. The minimum atomic E-state index is 0.230. The normalized spacial score (nSPS) is 10.6. The molecule has 0 atom stereocenters. The average molecular weight is 296 g/mol. The average Bonchev–Trinajstić information content (AvgIpc) is 2.97. The molecule has 0 saturated heterocycles. The summed E-state index contributed by atoms with van der Waals surface area (Å²) in [6.45, 7) is 4.10. The van der Waals surface area contributed by atoms with E-state index in [1.165, 1.54) is 0 Å². The van der Waals surface area contributed by atoms with E-state index >= 15 is 0 Å². The van der Waals surface area contributed by atoms with E-state index in [1.54, 1.807) is 10.9 Å². The van der Waals surface area contributed by atoms with Crippen LogP contribution in [-0.4, -0.2) is 25.0 Å². The lowest BCUT2D eigenvalue weighted by molar-refractivity contribution is 0.276. The van der Waals surface area contributed by atoms with Gasteiger partial charge in [0.15, 0.2) is 0 Å². The van der Waals surface area contributed by atoms with Gasteiger partial charge < -0.3 is 10.5 Å². The lowest BCUT2D eigenvalue weighted by Gasteiger charge is -2.03. The first-order valence-corrected chi connectivity index (χ1v) is 6.82. The minimum Gasteiger partial charge on any atom is -0.457 e. The number of hydrogen-bond acceptors (Lipinski definition) is 6. The van der Waals surface area contributed by atoms with Gasteiger partial charge in [-0.3, -0.25) is 0 Å². The third kappa shape index (κ3) is 3.03. The largest absolute Gasteiger partial charge is 0.457 e. The summed E-state index contributed by atoms with van der Waals surface area (Å²) in [5.74, 6) is 0.411. The van der Waals surface area contributed by atoms with Gasteiger partial charge in [0.05, 0.1) is 11.9 Å². The molecule has 2 aromatic heterocycles.